The van der Waals surface area contributed by atoms with Gasteiger partial charge in [-0.2, -0.15) is 10.4 Å². The number of benzene rings is 1. The Morgan fingerprint density at radius 3 is 2.31 bits per heavy atom. The molecule has 0 N–H and O–H groups in total. The molecule has 0 atom stereocenters. The lowest BCUT2D eigenvalue weighted by Gasteiger charge is -2.19. The Hall–Kier alpha value is -3.47. The molecule has 1 saturated heterocycles. The zero-order valence-electron chi connectivity index (χ0n) is 14.6. The minimum absolute atomic E-state index is 0.203. The molecule has 0 radical (unpaired) electrons. The van der Waals surface area contributed by atoms with Gasteiger partial charge < -0.3 is 0 Å². The molecule has 1 fully saturated rings. The Kier molecular flexibility index (Phi) is 4.30. The maximum atomic E-state index is 12.5. The van der Waals surface area contributed by atoms with E-state index < -0.39 is 23.9 Å². The van der Waals surface area contributed by atoms with Crippen molar-refractivity contribution in [3.8, 4) is 11.8 Å². The first-order valence-electron chi connectivity index (χ1n) is 8.09. The summed E-state index contributed by atoms with van der Waals surface area (Å²) in [7, 11) is 0. The van der Waals surface area contributed by atoms with Crippen LogP contribution in [0.25, 0.3) is 5.69 Å². The Labute approximate surface area is 150 Å². The van der Waals surface area contributed by atoms with E-state index in [9.17, 15) is 19.6 Å². The second-order valence-electron chi connectivity index (χ2n) is 6.21. The fourth-order valence-corrected chi connectivity index (χ4v) is 2.92. The van der Waals surface area contributed by atoms with Gasteiger partial charge in [0.25, 0.3) is 0 Å². The van der Waals surface area contributed by atoms with Gasteiger partial charge >= 0.3 is 17.8 Å². The number of amides is 4. The van der Waals surface area contributed by atoms with Crippen LogP contribution in [0.3, 0.4) is 0 Å². The van der Waals surface area contributed by atoms with E-state index in [-0.39, 0.29) is 12.1 Å². The van der Waals surface area contributed by atoms with Gasteiger partial charge in [0.05, 0.1) is 29.2 Å². The lowest BCUT2D eigenvalue weighted by Crippen LogP contribution is -2.38. The van der Waals surface area contributed by atoms with Crippen LogP contribution in [0.5, 0.6) is 0 Å². The SMILES string of the molecule is Cc1nn(-c2ccccc2)c(CN2C(=O)C(=O)N(C(C)C)C2=O)c1C#N. The van der Waals surface area contributed by atoms with E-state index in [2.05, 4.69) is 11.2 Å². The molecule has 2 heterocycles. The largest absolute Gasteiger partial charge is 0.334 e. The van der Waals surface area contributed by atoms with Gasteiger partial charge in [0.15, 0.2) is 0 Å². The molecule has 8 heteroatoms. The molecule has 0 unspecified atom stereocenters. The van der Waals surface area contributed by atoms with E-state index in [1.807, 2.05) is 18.2 Å². The second-order valence-corrected chi connectivity index (χ2v) is 6.21. The summed E-state index contributed by atoms with van der Waals surface area (Å²) in [6.07, 6.45) is 0. The second kappa shape index (κ2) is 6.44. The van der Waals surface area contributed by atoms with Gasteiger partial charge in [-0.15, -0.1) is 0 Å². The highest BCUT2D eigenvalue weighted by Gasteiger charge is 2.46. The highest BCUT2D eigenvalue weighted by molar-refractivity contribution is 6.44. The molecule has 0 saturated carbocycles. The van der Waals surface area contributed by atoms with Crippen molar-refractivity contribution in [1.29, 1.82) is 5.26 Å². The zero-order valence-corrected chi connectivity index (χ0v) is 14.6. The lowest BCUT2D eigenvalue weighted by molar-refractivity contribution is -0.144. The van der Waals surface area contributed by atoms with E-state index in [4.69, 9.17) is 0 Å². The molecule has 132 valence electrons. The Morgan fingerprint density at radius 2 is 1.77 bits per heavy atom. The first kappa shape index (κ1) is 17.4. The molecule has 0 spiro atoms. The number of imide groups is 2. The molecule has 1 aliphatic rings. The third kappa shape index (κ3) is 2.63. The minimum Gasteiger partial charge on any atom is -0.263 e. The number of nitriles is 1. The number of hydrogen-bond acceptors (Lipinski definition) is 5. The Morgan fingerprint density at radius 1 is 1.12 bits per heavy atom. The van der Waals surface area contributed by atoms with Crippen molar-refractivity contribution in [3.05, 3.63) is 47.3 Å². The average Bonchev–Trinajstić information content (AvgIpc) is 3.04. The van der Waals surface area contributed by atoms with E-state index in [0.717, 1.165) is 9.80 Å². The quantitative estimate of drug-likeness (QED) is 0.617. The Bertz CT molecular complexity index is 940. The highest BCUT2D eigenvalue weighted by Crippen LogP contribution is 2.23. The molecule has 0 bridgehead atoms. The van der Waals surface area contributed by atoms with Crippen LogP contribution in [0.1, 0.15) is 30.8 Å². The van der Waals surface area contributed by atoms with Crippen molar-refractivity contribution in [2.24, 2.45) is 0 Å². The monoisotopic (exact) mass is 351 g/mol. The van der Waals surface area contributed by atoms with Crippen molar-refractivity contribution in [2.75, 3.05) is 0 Å². The summed E-state index contributed by atoms with van der Waals surface area (Å²) in [5.74, 6) is -1.75. The normalized spacial score (nSPS) is 14.5. The van der Waals surface area contributed by atoms with Crippen molar-refractivity contribution >= 4 is 17.8 Å². The van der Waals surface area contributed by atoms with Crippen LogP contribution in [0.2, 0.25) is 0 Å². The fraction of sp³-hybridized carbons (Fsp3) is 0.278. The smallest absolute Gasteiger partial charge is 0.263 e. The van der Waals surface area contributed by atoms with Gasteiger partial charge in [-0.1, -0.05) is 18.2 Å². The summed E-state index contributed by atoms with van der Waals surface area (Å²) >= 11 is 0. The van der Waals surface area contributed by atoms with E-state index in [1.165, 1.54) is 4.68 Å². The van der Waals surface area contributed by atoms with Crippen molar-refractivity contribution in [2.45, 2.75) is 33.4 Å². The number of rotatable bonds is 4. The van der Waals surface area contributed by atoms with Crippen molar-refractivity contribution in [1.82, 2.24) is 19.6 Å². The minimum atomic E-state index is -0.897. The molecule has 26 heavy (non-hydrogen) atoms. The molecule has 8 nitrogen and oxygen atoms in total. The maximum Gasteiger partial charge on any atom is 0.334 e. The molecule has 1 aromatic heterocycles. The summed E-state index contributed by atoms with van der Waals surface area (Å²) in [6, 6.07) is 10.0. The van der Waals surface area contributed by atoms with E-state index in [1.54, 1.807) is 32.9 Å². The Balaban J connectivity index is 2.06. The molecule has 1 aromatic carbocycles. The molecular formula is C18H17N5O3. The van der Waals surface area contributed by atoms with Gasteiger partial charge in [-0.05, 0) is 32.9 Å². The molecule has 1 aliphatic heterocycles. The third-order valence-electron chi connectivity index (χ3n) is 4.18. The molecule has 4 amide bonds. The molecule has 0 aliphatic carbocycles. The fourth-order valence-electron chi connectivity index (χ4n) is 2.92. The summed E-state index contributed by atoms with van der Waals surface area (Å²) in [5.41, 5.74) is 1.84. The van der Waals surface area contributed by atoms with Crippen LogP contribution in [0.4, 0.5) is 4.79 Å². The van der Waals surface area contributed by atoms with Crippen molar-refractivity contribution in [3.63, 3.8) is 0 Å². The first-order chi connectivity index (χ1) is 12.4. The predicted octanol–water partition coefficient (Wildman–Crippen LogP) is 1.75. The van der Waals surface area contributed by atoms with Crippen LogP contribution in [0, 0.1) is 18.3 Å². The first-order valence-corrected chi connectivity index (χ1v) is 8.09. The standard InChI is InChI=1S/C18H17N5O3/c1-11(2)22-17(25)16(24)21(18(22)26)10-15-14(9-19)12(3)20-23(15)13-7-5-4-6-8-13/h4-8,11H,10H2,1-3H3. The number of nitrogens with zero attached hydrogens (tertiary/aromatic N) is 5. The third-order valence-corrected chi connectivity index (χ3v) is 4.18. The number of para-hydroxylation sites is 1. The molecule has 3 rings (SSSR count). The van der Waals surface area contributed by atoms with Gasteiger partial charge in [0.2, 0.25) is 0 Å². The summed E-state index contributed by atoms with van der Waals surface area (Å²) < 4.78 is 1.52. The zero-order chi connectivity index (χ0) is 19.0. The maximum absolute atomic E-state index is 12.5. The van der Waals surface area contributed by atoms with Gasteiger partial charge in [-0.25, -0.2) is 14.4 Å². The summed E-state index contributed by atoms with van der Waals surface area (Å²) in [6.45, 7) is 4.79. The number of hydrogen-bond donors (Lipinski definition) is 0. The van der Waals surface area contributed by atoms with Crippen LogP contribution in [-0.2, 0) is 16.1 Å². The number of aryl methyl sites for hydroxylation is 1. The molecular weight excluding hydrogens is 334 g/mol. The average molecular weight is 351 g/mol. The number of urea groups is 1. The van der Waals surface area contributed by atoms with E-state index >= 15 is 0 Å². The lowest BCUT2D eigenvalue weighted by atomic mass is 10.2. The number of carbonyl (C=O) groups is 3. The topological polar surface area (TPSA) is 99.3 Å². The summed E-state index contributed by atoms with van der Waals surface area (Å²) in [4.78, 5) is 38.7. The number of carbonyl (C=O) groups excluding carboxylic acids is 3. The van der Waals surface area contributed by atoms with Gasteiger partial charge in [0, 0.05) is 6.04 Å². The van der Waals surface area contributed by atoms with E-state index in [0.29, 0.717) is 17.1 Å². The van der Waals surface area contributed by atoms with Crippen LogP contribution in [-0.4, -0.2) is 43.5 Å². The van der Waals surface area contributed by atoms with Crippen molar-refractivity contribution < 1.29 is 14.4 Å². The number of aromatic nitrogens is 2. The predicted molar refractivity (Wildman–Crippen MR) is 90.9 cm³/mol. The van der Waals surface area contributed by atoms with Crippen LogP contribution >= 0.6 is 0 Å². The van der Waals surface area contributed by atoms with Gasteiger partial charge in [-0.3, -0.25) is 14.5 Å². The van der Waals surface area contributed by atoms with Crippen LogP contribution in [0.15, 0.2) is 30.3 Å². The van der Waals surface area contributed by atoms with Gasteiger partial charge in [0.1, 0.15) is 6.07 Å². The highest BCUT2D eigenvalue weighted by atomic mass is 16.2. The van der Waals surface area contributed by atoms with Crippen LogP contribution < -0.4 is 0 Å². The molecule has 2 aromatic rings. The summed E-state index contributed by atoms with van der Waals surface area (Å²) in [5, 5.41) is 13.9.